The van der Waals surface area contributed by atoms with Gasteiger partial charge in [-0.15, -0.1) is 0 Å². The summed E-state index contributed by atoms with van der Waals surface area (Å²) in [4.78, 5) is 18.9. The van der Waals surface area contributed by atoms with Gasteiger partial charge in [-0.25, -0.2) is 9.97 Å². The maximum absolute atomic E-state index is 10.4. The minimum Gasteiger partial charge on any atom is -0.480 e. The summed E-state index contributed by atoms with van der Waals surface area (Å²) in [7, 11) is 0. The van der Waals surface area contributed by atoms with Crippen LogP contribution in [-0.2, 0) is 4.79 Å². The molecule has 0 spiro atoms. The lowest BCUT2D eigenvalue weighted by Gasteiger charge is -2.06. The Bertz CT molecular complexity index is 393. The molecule has 0 aliphatic heterocycles. The molecule has 1 aromatic heterocycles. The maximum Gasteiger partial charge on any atom is 0.322 e. The molecule has 80 valence electrons. The van der Waals surface area contributed by atoms with Crippen LogP contribution in [-0.4, -0.2) is 27.6 Å². The summed E-state index contributed by atoms with van der Waals surface area (Å²) in [6, 6.07) is 0. The molecule has 0 saturated heterocycles. The lowest BCUT2D eigenvalue weighted by Crippen LogP contribution is -2.14. The smallest absolute Gasteiger partial charge is 0.322 e. The van der Waals surface area contributed by atoms with E-state index in [9.17, 15) is 4.79 Å². The highest BCUT2D eigenvalue weighted by Crippen LogP contribution is 2.38. The normalized spacial score (nSPS) is 15.0. The van der Waals surface area contributed by atoms with Crippen molar-refractivity contribution in [2.24, 2.45) is 0 Å². The molecule has 1 aliphatic rings. The maximum atomic E-state index is 10.4. The predicted octanol–water partition coefficient (Wildman–Crippen LogP) is 1.61. The van der Waals surface area contributed by atoms with Crippen LogP contribution in [0, 0.1) is 0 Å². The molecule has 0 aromatic carbocycles. The highest BCUT2D eigenvalue weighted by atomic mass is 79.9. The van der Waals surface area contributed by atoms with Crippen LogP contribution < -0.4 is 5.32 Å². The van der Waals surface area contributed by atoms with Crippen molar-refractivity contribution >= 4 is 27.7 Å². The van der Waals surface area contributed by atoms with Crippen molar-refractivity contribution in [1.82, 2.24) is 9.97 Å². The molecular formula is C9H10BrN3O2. The number of carbonyl (C=O) groups is 1. The molecule has 1 heterocycles. The van der Waals surface area contributed by atoms with Crippen molar-refractivity contribution in [3.63, 3.8) is 0 Å². The highest BCUT2D eigenvalue weighted by molar-refractivity contribution is 9.10. The number of aromatic nitrogens is 2. The fourth-order valence-corrected chi connectivity index (χ4v) is 1.53. The van der Waals surface area contributed by atoms with E-state index >= 15 is 0 Å². The quantitative estimate of drug-likeness (QED) is 0.871. The van der Waals surface area contributed by atoms with Gasteiger partial charge in [0.15, 0.2) is 0 Å². The standard InChI is InChI=1S/C9H10BrN3O2/c10-6-3-11-8(5-1-2-5)13-9(6)12-4-7(14)15/h3,5H,1-2,4H2,(H,14,15)(H,11,12,13). The zero-order valence-electron chi connectivity index (χ0n) is 7.90. The van der Waals surface area contributed by atoms with E-state index in [1.54, 1.807) is 6.20 Å². The van der Waals surface area contributed by atoms with E-state index in [4.69, 9.17) is 5.11 Å². The SMILES string of the molecule is O=C(O)CNc1nc(C2CC2)ncc1Br. The molecule has 1 aliphatic carbocycles. The summed E-state index contributed by atoms with van der Waals surface area (Å²) in [5.41, 5.74) is 0. The number of carboxylic acid groups (broad SMARTS) is 1. The Hall–Kier alpha value is -1.17. The van der Waals surface area contributed by atoms with Crippen molar-refractivity contribution in [3.05, 3.63) is 16.5 Å². The predicted molar refractivity (Wildman–Crippen MR) is 57.8 cm³/mol. The molecule has 0 bridgehead atoms. The van der Waals surface area contributed by atoms with Crippen LogP contribution in [0.2, 0.25) is 0 Å². The van der Waals surface area contributed by atoms with Crippen molar-refractivity contribution in [2.45, 2.75) is 18.8 Å². The Morgan fingerprint density at radius 1 is 1.67 bits per heavy atom. The number of nitrogens with zero attached hydrogens (tertiary/aromatic N) is 2. The van der Waals surface area contributed by atoms with E-state index in [0.29, 0.717) is 16.2 Å². The van der Waals surface area contributed by atoms with Crippen molar-refractivity contribution in [1.29, 1.82) is 0 Å². The largest absolute Gasteiger partial charge is 0.480 e. The molecule has 2 N–H and O–H groups in total. The van der Waals surface area contributed by atoms with Crippen LogP contribution in [0.1, 0.15) is 24.6 Å². The Kier molecular flexibility index (Phi) is 2.86. The Labute approximate surface area is 95.1 Å². The number of carboxylic acids is 1. The topological polar surface area (TPSA) is 75.1 Å². The Balaban J connectivity index is 2.13. The summed E-state index contributed by atoms with van der Waals surface area (Å²) < 4.78 is 0.688. The summed E-state index contributed by atoms with van der Waals surface area (Å²) >= 11 is 3.27. The third-order valence-corrected chi connectivity index (χ3v) is 2.69. The highest BCUT2D eigenvalue weighted by Gasteiger charge is 2.27. The first kappa shape index (κ1) is 10.4. The molecule has 5 nitrogen and oxygen atoms in total. The first-order valence-corrected chi connectivity index (χ1v) is 5.44. The van der Waals surface area contributed by atoms with Gasteiger partial charge in [-0.3, -0.25) is 4.79 Å². The van der Waals surface area contributed by atoms with E-state index in [-0.39, 0.29) is 6.54 Å². The molecular weight excluding hydrogens is 262 g/mol. The van der Waals surface area contributed by atoms with E-state index in [0.717, 1.165) is 18.7 Å². The number of nitrogens with one attached hydrogen (secondary N) is 1. The van der Waals surface area contributed by atoms with Crippen LogP contribution in [0.4, 0.5) is 5.82 Å². The van der Waals surface area contributed by atoms with Crippen LogP contribution in [0.15, 0.2) is 10.7 Å². The molecule has 1 saturated carbocycles. The Morgan fingerprint density at radius 3 is 3.00 bits per heavy atom. The second kappa shape index (κ2) is 4.14. The minimum absolute atomic E-state index is 0.139. The number of aliphatic carboxylic acids is 1. The molecule has 1 fully saturated rings. The molecule has 0 atom stereocenters. The summed E-state index contributed by atoms with van der Waals surface area (Å²) in [5.74, 6) is 0.900. The van der Waals surface area contributed by atoms with Gasteiger partial charge in [0.1, 0.15) is 18.2 Å². The van der Waals surface area contributed by atoms with Gasteiger partial charge in [0.25, 0.3) is 0 Å². The van der Waals surface area contributed by atoms with E-state index < -0.39 is 5.97 Å². The fraction of sp³-hybridized carbons (Fsp3) is 0.444. The first-order valence-electron chi connectivity index (χ1n) is 4.65. The van der Waals surface area contributed by atoms with Crippen LogP contribution in [0.5, 0.6) is 0 Å². The van der Waals surface area contributed by atoms with Crippen molar-refractivity contribution in [3.8, 4) is 0 Å². The lowest BCUT2D eigenvalue weighted by molar-refractivity contribution is -0.134. The van der Waals surface area contributed by atoms with E-state index in [1.807, 2.05) is 0 Å². The number of rotatable bonds is 4. The average Bonchev–Trinajstić information content (AvgIpc) is 3.00. The van der Waals surface area contributed by atoms with Gasteiger partial charge in [-0.2, -0.15) is 0 Å². The zero-order valence-corrected chi connectivity index (χ0v) is 9.49. The third kappa shape index (κ3) is 2.65. The Morgan fingerprint density at radius 2 is 2.40 bits per heavy atom. The molecule has 0 unspecified atom stereocenters. The monoisotopic (exact) mass is 271 g/mol. The van der Waals surface area contributed by atoms with Crippen LogP contribution in [0.25, 0.3) is 0 Å². The summed E-state index contributed by atoms with van der Waals surface area (Å²) in [6.07, 6.45) is 3.91. The van der Waals surface area contributed by atoms with Crippen LogP contribution in [0.3, 0.4) is 0 Å². The van der Waals surface area contributed by atoms with Gasteiger partial charge < -0.3 is 10.4 Å². The molecule has 0 radical (unpaired) electrons. The lowest BCUT2D eigenvalue weighted by atomic mass is 10.4. The average molecular weight is 272 g/mol. The zero-order chi connectivity index (χ0) is 10.8. The molecule has 2 rings (SSSR count). The first-order chi connectivity index (χ1) is 7.16. The third-order valence-electron chi connectivity index (χ3n) is 2.11. The number of hydrogen-bond acceptors (Lipinski definition) is 4. The molecule has 15 heavy (non-hydrogen) atoms. The van der Waals surface area contributed by atoms with Crippen LogP contribution >= 0.6 is 15.9 Å². The second-order valence-corrected chi connectivity index (χ2v) is 4.30. The number of halogens is 1. The summed E-state index contributed by atoms with van der Waals surface area (Å²) in [6.45, 7) is -0.139. The fourth-order valence-electron chi connectivity index (χ4n) is 1.20. The number of hydrogen-bond donors (Lipinski definition) is 2. The van der Waals surface area contributed by atoms with Gasteiger partial charge >= 0.3 is 5.97 Å². The van der Waals surface area contributed by atoms with E-state index in [1.165, 1.54) is 0 Å². The van der Waals surface area contributed by atoms with Gasteiger partial charge in [0, 0.05) is 12.1 Å². The molecule has 1 aromatic rings. The van der Waals surface area contributed by atoms with Crippen molar-refractivity contribution in [2.75, 3.05) is 11.9 Å². The molecule has 0 amide bonds. The van der Waals surface area contributed by atoms with E-state index in [2.05, 4.69) is 31.2 Å². The minimum atomic E-state index is -0.909. The number of anilines is 1. The molecule has 6 heteroatoms. The van der Waals surface area contributed by atoms with Gasteiger partial charge in [-0.05, 0) is 28.8 Å². The second-order valence-electron chi connectivity index (χ2n) is 3.45. The van der Waals surface area contributed by atoms with Crippen molar-refractivity contribution < 1.29 is 9.90 Å². The van der Waals surface area contributed by atoms with Gasteiger partial charge in [0.05, 0.1) is 4.47 Å². The van der Waals surface area contributed by atoms with Gasteiger partial charge in [-0.1, -0.05) is 0 Å². The summed E-state index contributed by atoms with van der Waals surface area (Å²) in [5, 5.41) is 11.3. The van der Waals surface area contributed by atoms with Gasteiger partial charge in [0.2, 0.25) is 0 Å².